The Kier molecular flexibility index (Phi) is 5.70. The molecule has 0 N–H and O–H groups in total. The number of benzene rings is 2. The molecule has 2 heterocycles. The zero-order valence-electron chi connectivity index (χ0n) is 14.1. The molecule has 4 rings (SSSR count). The van der Waals surface area contributed by atoms with Crippen LogP contribution in [0.1, 0.15) is 29.5 Å². The molecule has 2 aromatic carbocycles. The van der Waals surface area contributed by atoms with Crippen molar-refractivity contribution < 1.29 is 0 Å². The number of nitrogens with zero attached hydrogens (tertiary/aromatic N) is 1. The van der Waals surface area contributed by atoms with Gasteiger partial charge in [-0.3, -0.25) is 0 Å². The number of hydrogen-bond acceptors (Lipinski definition) is 2. The molecule has 0 amide bonds. The lowest BCUT2D eigenvalue weighted by Crippen LogP contribution is -2.31. The number of piperidine rings is 1. The normalized spacial score (nSPS) is 22.2. The quantitative estimate of drug-likeness (QED) is 0.664. The van der Waals surface area contributed by atoms with Crippen LogP contribution < -0.4 is 0 Å². The summed E-state index contributed by atoms with van der Waals surface area (Å²) in [6.45, 7) is 2.43. The Hall–Kier alpha value is -1.22. The van der Waals surface area contributed by atoms with Crippen molar-refractivity contribution in [3.05, 3.63) is 71.3 Å². The van der Waals surface area contributed by atoms with Crippen LogP contribution in [0.5, 0.6) is 0 Å². The molecule has 1 saturated heterocycles. The van der Waals surface area contributed by atoms with Gasteiger partial charge in [0, 0.05) is 16.3 Å². The fraction of sp³-hybridized carbons (Fsp3) is 0.333. The number of halogens is 1. The lowest BCUT2D eigenvalue weighted by atomic mass is 9.95. The first-order chi connectivity index (χ1) is 11.3. The predicted octanol–water partition coefficient (Wildman–Crippen LogP) is 5.49. The van der Waals surface area contributed by atoms with Gasteiger partial charge in [0.05, 0.1) is 0 Å². The second-order valence-corrected chi connectivity index (χ2v) is 7.82. The van der Waals surface area contributed by atoms with Crippen LogP contribution in [0.3, 0.4) is 0 Å². The average molecular weight is 358 g/mol. The van der Waals surface area contributed by atoms with Crippen LogP contribution in [-0.4, -0.2) is 25.0 Å². The summed E-state index contributed by atoms with van der Waals surface area (Å²) in [4.78, 5) is 5.33. The van der Waals surface area contributed by atoms with Gasteiger partial charge in [-0.25, -0.2) is 0 Å². The summed E-state index contributed by atoms with van der Waals surface area (Å²) < 4.78 is 0. The second-order valence-electron chi connectivity index (χ2n) is 6.74. The third-order valence-corrected chi connectivity index (χ3v) is 6.10. The SMILES string of the molecule is CN1CCCC(/C=C2\Sc3ccccc3Cc3ccccc32)C1.Cl. The van der Waals surface area contributed by atoms with E-state index in [1.54, 1.807) is 0 Å². The smallest absolute Gasteiger partial charge is 0.0161 e. The molecule has 24 heavy (non-hydrogen) atoms. The molecule has 1 fully saturated rings. The van der Waals surface area contributed by atoms with Gasteiger partial charge >= 0.3 is 0 Å². The second kappa shape index (κ2) is 7.77. The van der Waals surface area contributed by atoms with Gasteiger partial charge in [-0.05, 0) is 61.5 Å². The van der Waals surface area contributed by atoms with E-state index in [-0.39, 0.29) is 12.4 Å². The zero-order valence-corrected chi connectivity index (χ0v) is 15.7. The molecule has 1 unspecified atom stereocenters. The number of likely N-dealkylation sites (tertiary alicyclic amines) is 1. The topological polar surface area (TPSA) is 3.24 Å². The molecule has 126 valence electrons. The highest BCUT2D eigenvalue weighted by Crippen LogP contribution is 2.43. The fourth-order valence-corrected chi connectivity index (χ4v) is 4.95. The summed E-state index contributed by atoms with van der Waals surface area (Å²) in [5.74, 6) is 0.676. The molecular formula is C21H24ClNS. The number of hydrogen-bond donors (Lipinski definition) is 0. The Balaban J connectivity index is 0.00000169. The summed E-state index contributed by atoms with van der Waals surface area (Å²) in [5.41, 5.74) is 4.34. The zero-order chi connectivity index (χ0) is 15.6. The van der Waals surface area contributed by atoms with Gasteiger partial charge in [-0.15, -0.1) is 12.4 Å². The molecule has 3 heteroatoms. The minimum Gasteiger partial charge on any atom is -0.306 e. The van der Waals surface area contributed by atoms with Crippen molar-refractivity contribution >= 4 is 29.1 Å². The van der Waals surface area contributed by atoms with Crippen LogP contribution >= 0.6 is 24.2 Å². The van der Waals surface area contributed by atoms with E-state index in [9.17, 15) is 0 Å². The van der Waals surface area contributed by atoms with Gasteiger partial charge in [-0.1, -0.05) is 60.3 Å². The van der Waals surface area contributed by atoms with E-state index in [1.807, 2.05) is 11.8 Å². The first kappa shape index (κ1) is 17.6. The lowest BCUT2D eigenvalue weighted by molar-refractivity contribution is 0.238. The largest absolute Gasteiger partial charge is 0.306 e. The monoisotopic (exact) mass is 357 g/mol. The van der Waals surface area contributed by atoms with E-state index in [4.69, 9.17) is 0 Å². The van der Waals surface area contributed by atoms with Crippen LogP contribution in [0.2, 0.25) is 0 Å². The summed E-state index contributed by atoms with van der Waals surface area (Å²) in [5, 5.41) is 0. The Morgan fingerprint density at radius 1 is 1.04 bits per heavy atom. The number of fused-ring (bicyclic) bond motifs is 2. The molecule has 0 aliphatic carbocycles. The van der Waals surface area contributed by atoms with E-state index in [1.165, 1.54) is 52.4 Å². The van der Waals surface area contributed by atoms with Crippen molar-refractivity contribution in [3.8, 4) is 0 Å². The highest BCUT2D eigenvalue weighted by molar-refractivity contribution is 8.08. The first-order valence-corrected chi connectivity index (χ1v) is 9.35. The third-order valence-electron chi connectivity index (χ3n) is 4.90. The highest BCUT2D eigenvalue weighted by Gasteiger charge is 2.20. The van der Waals surface area contributed by atoms with Crippen LogP contribution in [0.4, 0.5) is 0 Å². The standard InChI is InChI=1S/C21H23NS.ClH/c1-22-12-6-7-16(15-22)13-21-19-10-4-2-8-17(19)14-18-9-3-5-11-20(18)23-21;/h2-5,8-11,13,16H,6-7,12,14-15H2,1H3;1H/b21-13-;. The minimum absolute atomic E-state index is 0. The average Bonchev–Trinajstić information content (AvgIpc) is 2.71. The summed E-state index contributed by atoms with van der Waals surface area (Å²) >= 11 is 1.96. The maximum absolute atomic E-state index is 2.54. The van der Waals surface area contributed by atoms with Gasteiger partial charge in [0.15, 0.2) is 0 Å². The maximum Gasteiger partial charge on any atom is 0.0161 e. The lowest BCUT2D eigenvalue weighted by Gasteiger charge is -2.28. The van der Waals surface area contributed by atoms with E-state index in [0.717, 1.165) is 6.42 Å². The number of thioether (sulfide) groups is 1. The van der Waals surface area contributed by atoms with Gasteiger partial charge in [0.2, 0.25) is 0 Å². The van der Waals surface area contributed by atoms with Crippen molar-refractivity contribution in [1.29, 1.82) is 0 Å². The van der Waals surface area contributed by atoms with Crippen LogP contribution in [0.25, 0.3) is 4.91 Å². The molecule has 0 saturated carbocycles. The molecule has 1 nitrogen and oxygen atoms in total. The van der Waals surface area contributed by atoms with Crippen molar-refractivity contribution in [2.45, 2.75) is 24.2 Å². The fourth-order valence-electron chi connectivity index (χ4n) is 3.72. The summed E-state index contributed by atoms with van der Waals surface area (Å²) in [6.07, 6.45) is 6.22. The van der Waals surface area contributed by atoms with E-state index in [0.29, 0.717) is 5.92 Å². The minimum atomic E-state index is 0. The van der Waals surface area contributed by atoms with Crippen molar-refractivity contribution in [3.63, 3.8) is 0 Å². The molecule has 1 atom stereocenters. The Labute approximate surface area is 155 Å². The Bertz CT molecular complexity index is 740. The molecule has 2 aromatic rings. The maximum atomic E-state index is 2.54. The molecule has 0 bridgehead atoms. The summed E-state index contributed by atoms with van der Waals surface area (Å²) in [6, 6.07) is 17.8. The highest BCUT2D eigenvalue weighted by atomic mass is 35.5. The van der Waals surface area contributed by atoms with Gasteiger partial charge in [0.1, 0.15) is 0 Å². The summed E-state index contributed by atoms with van der Waals surface area (Å²) in [7, 11) is 2.24. The number of rotatable bonds is 1. The van der Waals surface area contributed by atoms with Crippen molar-refractivity contribution in [2.75, 3.05) is 20.1 Å². The Morgan fingerprint density at radius 2 is 1.79 bits per heavy atom. The Morgan fingerprint density at radius 3 is 2.62 bits per heavy atom. The van der Waals surface area contributed by atoms with Crippen LogP contribution in [0.15, 0.2) is 59.5 Å². The molecule has 2 aliphatic heterocycles. The van der Waals surface area contributed by atoms with Gasteiger partial charge < -0.3 is 4.90 Å². The molecular weight excluding hydrogens is 334 g/mol. The van der Waals surface area contributed by atoms with Crippen molar-refractivity contribution in [2.24, 2.45) is 5.92 Å². The van der Waals surface area contributed by atoms with Crippen LogP contribution in [-0.2, 0) is 6.42 Å². The molecule has 0 aromatic heterocycles. The van der Waals surface area contributed by atoms with E-state index in [2.05, 4.69) is 66.6 Å². The van der Waals surface area contributed by atoms with Crippen LogP contribution in [0, 0.1) is 5.92 Å². The molecule has 0 radical (unpaired) electrons. The van der Waals surface area contributed by atoms with E-state index >= 15 is 0 Å². The van der Waals surface area contributed by atoms with Gasteiger partial charge in [0.25, 0.3) is 0 Å². The van der Waals surface area contributed by atoms with E-state index < -0.39 is 0 Å². The molecule has 2 aliphatic rings. The van der Waals surface area contributed by atoms with Gasteiger partial charge in [-0.2, -0.15) is 0 Å². The van der Waals surface area contributed by atoms with Crippen molar-refractivity contribution in [1.82, 2.24) is 4.90 Å². The third kappa shape index (κ3) is 3.72. The molecule has 0 spiro atoms. The predicted molar refractivity (Wildman–Crippen MR) is 107 cm³/mol. The first-order valence-electron chi connectivity index (χ1n) is 8.54.